The molecule has 3 N–H and O–H groups in total. The van der Waals surface area contributed by atoms with Crippen LogP contribution in [0.3, 0.4) is 0 Å². The van der Waals surface area contributed by atoms with Crippen LogP contribution in [0.5, 0.6) is 0 Å². The molecule has 2 aromatic carbocycles. The predicted molar refractivity (Wildman–Crippen MR) is 86.0 cm³/mol. The van der Waals surface area contributed by atoms with E-state index in [1.54, 1.807) is 0 Å². The van der Waals surface area contributed by atoms with Gasteiger partial charge in [-0.2, -0.15) is 0 Å². The van der Waals surface area contributed by atoms with Crippen LogP contribution in [0.1, 0.15) is 21.5 Å². The van der Waals surface area contributed by atoms with Gasteiger partial charge in [0.15, 0.2) is 0 Å². The molecule has 0 spiro atoms. The maximum atomic E-state index is 12.4. The van der Waals surface area contributed by atoms with E-state index < -0.39 is 0 Å². The summed E-state index contributed by atoms with van der Waals surface area (Å²) in [5.74, 6) is -0.102. The maximum Gasteiger partial charge on any atom is 0.255 e. The van der Waals surface area contributed by atoms with Gasteiger partial charge in [-0.25, -0.2) is 0 Å². The molecule has 0 saturated carbocycles. The normalized spacial score (nSPS) is 10.3. The van der Waals surface area contributed by atoms with Crippen LogP contribution in [-0.2, 0) is 6.42 Å². The van der Waals surface area contributed by atoms with Gasteiger partial charge in [0.05, 0.1) is 0 Å². The molecule has 3 nitrogen and oxygen atoms in total. The predicted octanol–water partition coefficient (Wildman–Crippen LogP) is 3.51. The first-order valence-corrected chi connectivity index (χ1v) is 7.27. The van der Waals surface area contributed by atoms with Crippen molar-refractivity contribution in [1.29, 1.82) is 0 Å². The average Bonchev–Trinajstić information content (AvgIpc) is 2.45. The van der Waals surface area contributed by atoms with Gasteiger partial charge >= 0.3 is 0 Å². The standard InChI is InChI=1S/C16H17BrN2O/c1-11-14(17)7-4-8-15(11)19-16(20)13-6-3-2-5-12(13)9-10-18/h2-8H,9-10,18H2,1H3,(H,19,20). The van der Waals surface area contributed by atoms with Gasteiger partial charge < -0.3 is 11.1 Å². The number of nitrogens with one attached hydrogen (secondary N) is 1. The molecule has 0 aromatic heterocycles. The number of carbonyl (C=O) groups is 1. The molecule has 4 heteroatoms. The lowest BCUT2D eigenvalue weighted by molar-refractivity contribution is 0.102. The zero-order valence-corrected chi connectivity index (χ0v) is 12.9. The van der Waals surface area contributed by atoms with Crippen molar-refractivity contribution in [2.45, 2.75) is 13.3 Å². The molecule has 20 heavy (non-hydrogen) atoms. The van der Waals surface area contributed by atoms with Crippen molar-refractivity contribution in [1.82, 2.24) is 0 Å². The topological polar surface area (TPSA) is 55.1 Å². The van der Waals surface area contributed by atoms with Gasteiger partial charge in [-0.3, -0.25) is 4.79 Å². The van der Waals surface area contributed by atoms with E-state index in [0.717, 1.165) is 21.3 Å². The Hall–Kier alpha value is -1.65. The number of amides is 1. The molecule has 0 unspecified atom stereocenters. The Morgan fingerprint density at radius 1 is 1.20 bits per heavy atom. The van der Waals surface area contributed by atoms with Crippen LogP contribution in [-0.4, -0.2) is 12.5 Å². The number of halogens is 1. The Kier molecular flexibility index (Phi) is 4.93. The van der Waals surface area contributed by atoms with Gasteiger partial charge in [-0.05, 0) is 49.2 Å². The molecular formula is C16H17BrN2O. The Morgan fingerprint density at radius 2 is 1.95 bits per heavy atom. The lowest BCUT2D eigenvalue weighted by Gasteiger charge is -2.12. The molecule has 0 heterocycles. The van der Waals surface area contributed by atoms with Gasteiger partial charge in [0.25, 0.3) is 5.91 Å². The van der Waals surface area contributed by atoms with Crippen LogP contribution in [0.15, 0.2) is 46.9 Å². The first kappa shape index (κ1) is 14.8. The minimum absolute atomic E-state index is 0.102. The lowest BCUT2D eigenvalue weighted by Crippen LogP contribution is -2.16. The fraction of sp³-hybridized carbons (Fsp3) is 0.188. The molecule has 2 aromatic rings. The quantitative estimate of drug-likeness (QED) is 0.900. The maximum absolute atomic E-state index is 12.4. The van der Waals surface area contributed by atoms with Crippen molar-refractivity contribution in [2.75, 3.05) is 11.9 Å². The van der Waals surface area contributed by atoms with Gasteiger partial charge in [-0.15, -0.1) is 0 Å². The molecule has 1 amide bonds. The van der Waals surface area contributed by atoms with Crippen LogP contribution in [0.2, 0.25) is 0 Å². The van der Waals surface area contributed by atoms with Gasteiger partial charge in [0.1, 0.15) is 0 Å². The highest BCUT2D eigenvalue weighted by Crippen LogP contribution is 2.24. The SMILES string of the molecule is Cc1c(Br)cccc1NC(=O)c1ccccc1CCN. The first-order valence-electron chi connectivity index (χ1n) is 6.48. The monoisotopic (exact) mass is 332 g/mol. The smallest absolute Gasteiger partial charge is 0.255 e. The van der Waals surface area contributed by atoms with Crippen LogP contribution in [0.25, 0.3) is 0 Å². The molecule has 0 radical (unpaired) electrons. The minimum atomic E-state index is -0.102. The van der Waals surface area contributed by atoms with E-state index in [9.17, 15) is 4.79 Å². The summed E-state index contributed by atoms with van der Waals surface area (Å²) in [4.78, 5) is 12.4. The Morgan fingerprint density at radius 3 is 2.70 bits per heavy atom. The molecule has 0 fully saturated rings. The Bertz CT molecular complexity index is 626. The van der Waals surface area contributed by atoms with E-state index in [1.807, 2.05) is 49.4 Å². The highest BCUT2D eigenvalue weighted by Gasteiger charge is 2.12. The van der Waals surface area contributed by atoms with Crippen LogP contribution >= 0.6 is 15.9 Å². The summed E-state index contributed by atoms with van der Waals surface area (Å²) < 4.78 is 0.977. The number of carbonyl (C=O) groups excluding carboxylic acids is 1. The highest BCUT2D eigenvalue weighted by molar-refractivity contribution is 9.10. The van der Waals surface area contributed by atoms with Crippen molar-refractivity contribution in [3.05, 3.63) is 63.6 Å². The molecule has 0 aliphatic carbocycles. The molecule has 0 aliphatic heterocycles. The summed E-state index contributed by atoms with van der Waals surface area (Å²) in [6, 6.07) is 13.3. The third-order valence-electron chi connectivity index (χ3n) is 3.19. The van der Waals surface area contributed by atoms with Crippen LogP contribution in [0.4, 0.5) is 5.69 Å². The summed E-state index contributed by atoms with van der Waals surface area (Å²) in [7, 11) is 0. The van der Waals surface area contributed by atoms with Gasteiger partial charge in [0, 0.05) is 15.7 Å². The first-order chi connectivity index (χ1) is 9.63. The largest absolute Gasteiger partial charge is 0.330 e. The zero-order chi connectivity index (χ0) is 14.5. The summed E-state index contributed by atoms with van der Waals surface area (Å²) in [6.45, 7) is 2.49. The zero-order valence-electron chi connectivity index (χ0n) is 11.3. The molecular weight excluding hydrogens is 316 g/mol. The van der Waals surface area contributed by atoms with E-state index in [1.165, 1.54) is 0 Å². The summed E-state index contributed by atoms with van der Waals surface area (Å²) in [6.07, 6.45) is 0.695. The molecule has 0 atom stereocenters. The summed E-state index contributed by atoms with van der Waals surface area (Å²) >= 11 is 3.46. The number of rotatable bonds is 4. The second-order valence-corrected chi connectivity index (χ2v) is 5.42. The third kappa shape index (κ3) is 3.26. The summed E-state index contributed by atoms with van der Waals surface area (Å²) in [5.41, 5.74) is 9.06. The third-order valence-corrected chi connectivity index (χ3v) is 4.05. The second kappa shape index (κ2) is 6.68. The van der Waals surface area contributed by atoms with Crippen molar-refractivity contribution in [3.63, 3.8) is 0 Å². The Balaban J connectivity index is 2.26. The number of nitrogens with two attached hydrogens (primary N) is 1. The number of anilines is 1. The Labute approximate surface area is 127 Å². The average molecular weight is 333 g/mol. The fourth-order valence-corrected chi connectivity index (χ4v) is 2.41. The van der Waals surface area contributed by atoms with E-state index in [-0.39, 0.29) is 5.91 Å². The van der Waals surface area contributed by atoms with Crippen molar-refractivity contribution in [2.24, 2.45) is 5.73 Å². The van der Waals surface area contributed by atoms with Gasteiger partial charge in [-0.1, -0.05) is 40.2 Å². The van der Waals surface area contributed by atoms with Crippen molar-refractivity contribution >= 4 is 27.5 Å². The van der Waals surface area contributed by atoms with Crippen LogP contribution < -0.4 is 11.1 Å². The van der Waals surface area contributed by atoms with Crippen molar-refractivity contribution < 1.29 is 4.79 Å². The molecule has 0 aliphatic rings. The molecule has 0 bridgehead atoms. The summed E-state index contributed by atoms with van der Waals surface area (Å²) in [5, 5.41) is 2.96. The molecule has 0 saturated heterocycles. The lowest BCUT2D eigenvalue weighted by atomic mass is 10.0. The molecule has 104 valence electrons. The number of hydrogen-bond donors (Lipinski definition) is 2. The molecule has 2 rings (SSSR count). The van der Waals surface area contributed by atoms with Crippen LogP contribution in [0, 0.1) is 6.92 Å². The van der Waals surface area contributed by atoms with E-state index in [4.69, 9.17) is 5.73 Å². The number of hydrogen-bond acceptors (Lipinski definition) is 2. The van der Waals surface area contributed by atoms with E-state index >= 15 is 0 Å². The second-order valence-electron chi connectivity index (χ2n) is 4.56. The van der Waals surface area contributed by atoms with Crippen molar-refractivity contribution in [3.8, 4) is 0 Å². The minimum Gasteiger partial charge on any atom is -0.330 e. The van der Waals surface area contributed by atoms with Gasteiger partial charge in [0.2, 0.25) is 0 Å². The van der Waals surface area contributed by atoms with E-state index in [2.05, 4.69) is 21.2 Å². The highest BCUT2D eigenvalue weighted by atomic mass is 79.9. The number of benzene rings is 2. The fourth-order valence-electron chi connectivity index (χ4n) is 2.05. The van der Waals surface area contributed by atoms with E-state index in [0.29, 0.717) is 18.5 Å².